The van der Waals surface area contributed by atoms with E-state index in [0.29, 0.717) is 13.0 Å². The number of hydrogen-bond acceptors (Lipinski definition) is 3. The second kappa shape index (κ2) is 6.64. The van der Waals surface area contributed by atoms with Crippen LogP contribution < -0.4 is 10.5 Å². The molecule has 1 heterocycles. The van der Waals surface area contributed by atoms with Gasteiger partial charge in [0.05, 0.1) is 6.61 Å². The Morgan fingerprint density at radius 1 is 1.14 bits per heavy atom. The number of rotatable bonds is 6. The lowest BCUT2D eigenvalue weighted by Gasteiger charge is -2.09. The number of hydrogen-bond donors (Lipinski definition) is 3. The Morgan fingerprint density at radius 2 is 1.95 bits per heavy atom. The van der Waals surface area contributed by atoms with Crippen LogP contribution in [0.4, 0.5) is 0 Å². The third-order valence-electron chi connectivity index (χ3n) is 3.70. The Bertz CT molecular complexity index is 737. The van der Waals surface area contributed by atoms with Crippen molar-refractivity contribution in [2.45, 2.75) is 19.1 Å². The molecule has 3 aromatic rings. The molecule has 0 aliphatic carbocycles. The average Bonchev–Trinajstić information content (AvgIpc) is 2.96. The molecule has 0 saturated carbocycles. The number of fused-ring (bicyclic) bond motifs is 1. The van der Waals surface area contributed by atoms with Gasteiger partial charge in [-0.1, -0.05) is 30.3 Å². The van der Waals surface area contributed by atoms with E-state index in [0.717, 1.165) is 27.8 Å². The van der Waals surface area contributed by atoms with Crippen molar-refractivity contribution in [1.82, 2.24) is 4.98 Å². The minimum absolute atomic E-state index is 0.0170. The summed E-state index contributed by atoms with van der Waals surface area (Å²) in [6.07, 6.45) is 2.58. The van der Waals surface area contributed by atoms with Gasteiger partial charge in [0.1, 0.15) is 12.4 Å². The number of nitrogens with two attached hydrogens (primary N) is 1. The molecule has 0 amide bonds. The number of nitrogens with one attached hydrogen (secondary N) is 1. The third kappa shape index (κ3) is 3.30. The van der Waals surface area contributed by atoms with E-state index in [1.807, 2.05) is 54.7 Å². The topological polar surface area (TPSA) is 71.3 Å². The van der Waals surface area contributed by atoms with Gasteiger partial charge in [-0.15, -0.1) is 0 Å². The lowest BCUT2D eigenvalue weighted by molar-refractivity contribution is 0.265. The van der Waals surface area contributed by atoms with Crippen LogP contribution in [0.15, 0.2) is 54.7 Å². The quantitative estimate of drug-likeness (QED) is 0.655. The predicted molar refractivity (Wildman–Crippen MR) is 87.8 cm³/mol. The lowest BCUT2D eigenvalue weighted by atomic mass is 10.1. The van der Waals surface area contributed by atoms with Crippen LogP contribution in [-0.2, 0) is 13.0 Å². The van der Waals surface area contributed by atoms with Gasteiger partial charge in [0.2, 0.25) is 0 Å². The van der Waals surface area contributed by atoms with Gasteiger partial charge in [-0.2, -0.15) is 0 Å². The minimum Gasteiger partial charge on any atom is -0.489 e. The van der Waals surface area contributed by atoms with Gasteiger partial charge >= 0.3 is 0 Å². The van der Waals surface area contributed by atoms with Crippen molar-refractivity contribution >= 4 is 10.9 Å². The van der Waals surface area contributed by atoms with Gasteiger partial charge in [-0.05, 0) is 35.7 Å². The fraction of sp³-hybridized carbons (Fsp3) is 0.222. The first-order valence-corrected chi connectivity index (χ1v) is 7.39. The molecule has 0 bridgehead atoms. The van der Waals surface area contributed by atoms with Crippen molar-refractivity contribution in [3.8, 4) is 5.75 Å². The number of aromatic amines is 1. The van der Waals surface area contributed by atoms with Crippen molar-refractivity contribution in [3.05, 3.63) is 65.9 Å². The Balaban J connectivity index is 1.78. The lowest BCUT2D eigenvalue weighted by Crippen LogP contribution is -2.26. The summed E-state index contributed by atoms with van der Waals surface area (Å²) < 4.78 is 5.86. The van der Waals surface area contributed by atoms with Gasteiger partial charge in [0.25, 0.3) is 0 Å². The van der Waals surface area contributed by atoms with Gasteiger partial charge < -0.3 is 20.6 Å². The Morgan fingerprint density at radius 3 is 2.73 bits per heavy atom. The summed E-state index contributed by atoms with van der Waals surface area (Å²) in [5.74, 6) is 0.828. The molecule has 1 aromatic heterocycles. The maximum Gasteiger partial charge on any atom is 0.120 e. The number of H-pyrrole nitrogens is 1. The summed E-state index contributed by atoms with van der Waals surface area (Å²) in [7, 11) is 0. The summed E-state index contributed by atoms with van der Waals surface area (Å²) in [5, 5.41) is 10.2. The normalized spacial score (nSPS) is 12.5. The van der Waals surface area contributed by atoms with E-state index < -0.39 is 0 Å². The van der Waals surface area contributed by atoms with E-state index in [9.17, 15) is 0 Å². The monoisotopic (exact) mass is 296 g/mol. The Kier molecular flexibility index (Phi) is 4.42. The smallest absolute Gasteiger partial charge is 0.120 e. The van der Waals surface area contributed by atoms with E-state index in [1.54, 1.807) is 0 Å². The first-order chi connectivity index (χ1) is 10.8. The fourth-order valence-corrected chi connectivity index (χ4v) is 2.50. The highest BCUT2D eigenvalue weighted by molar-refractivity contribution is 5.84. The summed E-state index contributed by atoms with van der Waals surface area (Å²) in [4.78, 5) is 3.23. The predicted octanol–water partition coefficient (Wildman–Crippen LogP) is 2.61. The second-order valence-electron chi connectivity index (χ2n) is 5.44. The van der Waals surface area contributed by atoms with Gasteiger partial charge in [-0.3, -0.25) is 0 Å². The van der Waals surface area contributed by atoms with Crippen LogP contribution in [-0.4, -0.2) is 22.7 Å². The van der Waals surface area contributed by atoms with Crippen LogP contribution in [0.2, 0.25) is 0 Å². The average molecular weight is 296 g/mol. The maximum atomic E-state index is 9.11. The number of aliphatic hydroxyl groups excluding tert-OH is 1. The Labute approximate surface area is 129 Å². The summed E-state index contributed by atoms with van der Waals surface area (Å²) in [6.45, 7) is 0.527. The van der Waals surface area contributed by atoms with Crippen LogP contribution in [0.25, 0.3) is 10.9 Å². The molecule has 4 N–H and O–H groups in total. The largest absolute Gasteiger partial charge is 0.489 e. The Hall–Kier alpha value is -2.30. The van der Waals surface area contributed by atoms with Gasteiger partial charge in [0, 0.05) is 23.1 Å². The number of ether oxygens (including phenoxy) is 1. The van der Waals surface area contributed by atoms with E-state index in [1.165, 1.54) is 0 Å². The van der Waals surface area contributed by atoms with Crippen molar-refractivity contribution < 1.29 is 9.84 Å². The van der Waals surface area contributed by atoms with Gasteiger partial charge in [-0.25, -0.2) is 0 Å². The molecule has 0 fully saturated rings. The SMILES string of the molecule is NC(CO)Cc1c[nH]c2ccc(OCc3ccccc3)cc12. The number of aliphatic hydroxyl groups is 1. The molecule has 0 spiro atoms. The van der Waals surface area contributed by atoms with Crippen molar-refractivity contribution in [3.63, 3.8) is 0 Å². The van der Waals surface area contributed by atoms with Crippen LogP contribution >= 0.6 is 0 Å². The van der Waals surface area contributed by atoms with Crippen molar-refractivity contribution in [2.24, 2.45) is 5.73 Å². The molecule has 0 saturated heterocycles. The van der Waals surface area contributed by atoms with Gasteiger partial charge in [0.15, 0.2) is 0 Å². The highest BCUT2D eigenvalue weighted by Gasteiger charge is 2.09. The molecule has 114 valence electrons. The minimum atomic E-state index is -0.243. The zero-order valence-electron chi connectivity index (χ0n) is 12.3. The van der Waals surface area contributed by atoms with Crippen molar-refractivity contribution in [1.29, 1.82) is 0 Å². The molecule has 4 heteroatoms. The van der Waals surface area contributed by atoms with E-state index in [4.69, 9.17) is 15.6 Å². The van der Waals surface area contributed by atoms with E-state index >= 15 is 0 Å². The molecular formula is C18H20N2O2. The zero-order valence-corrected chi connectivity index (χ0v) is 12.3. The van der Waals surface area contributed by atoms with E-state index in [2.05, 4.69) is 4.98 Å². The molecule has 2 aromatic carbocycles. The maximum absolute atomic E-state index is 9.11. The molecule has 0 aliphatic heterocycles. The molecule has 0 aliphatic rings. The standard InChI is InChI=1S/C18H20N2O2/c19-15(11-21)8-14-10-20-18-7-6-16(9-17(14)18)22-12-13-4-2-1-3-5-13/h1-7,9-10,15,20-21H,8,11-12,19H2. The number of aromatic nitrogens is 1. The molecule has 3 rings (SSSR count). The summed E-state index contributed by atoms with van der Waals surface area (Å²) in [5.41, 5.74) is 9.12. The fourth-order valence-electron chi connectivity index (χ4n) is 2.50. The van der Waals surface area contributed by atoms with Crippen LogP contribution in [0.3, 0.4) is 0 Å². The van der Waals surface area contributed by atoms with Crippen LogP contribution in [0, 0.1) is 0 Å². The summed E-state index contributed by atoms with van der Waals surface area (Å²) in [6, 6.07) is 15.8. The van der Waals surface area contributed by atoms with Crippen molar-refractivity contribution in [2.75, 3.05) is 6.61 Å². The second-order valence-corrected chi connectivity index (χ2v) is 5.44. The highest BCUT2D eigenvalue weighted by atomic mass is 16.5. The molecule has 1 unspecified atom stereocenters. The number of benzene rings is 2. The molecule has 1 atom stereocenters. The van der Waals surface area contributed by atoms with Crippen LogP contribution in [0.1, 0.15) is 11.1 Å². The zero-order chi connectivity index (χ0) is 15.4. The third-order valence-corrected chi connectivity index (χ3v) is 3.70. The molecule has 22 heavy (non-hydrogen) atoms. The van der Waals surface area contributed by atoms with E-state index in [-0.39, 0.29) is 12.6 Å². The first-order valence-electron chi connectivity index (χ1n) is 7.39. The molecule has 0 radical (unpaired) electrons. The highest BCUT2D eigenvalue weighted by Crippen LogP contribution is 2.25. The summed E-state index contributed by atoms with van der Waals surface area (Å²) >= 11 is 0. The molecular weight excluding hydrogens is 276 g/mol. The molecule has 4 nitrogen and oxygen atoms in total. The first kappa shape index (κ1) is 14.6. The van der Waals surface area contributed by atoms with Crippen LogP contribution in [0.5, 0.6) is 5.75 Å².